The topological polar surface area (TPSA) is 41.1 Å². The minimum atomic E-state index is 0.0202. The number of rotatable bonds is 5. The average molecular weight is 484 g/mol. The Balaban J connectivity index is 1.36. The van der Waals surface area contributed by atoms with Crippen molar-refractivity contribution >= 4 is 43.5 Å². The lowest BCUT2D eigenvalue weighted by Gasteiger charge is -2.59. The predicted octanol–water partition coefficient (Wildman–Crippen LogP) is 5.65. The van der Waals surface area contributed by atoms with Crippen LogP contribution < -0.4 is 10.6 Å². The molecule has 1 aromatic rings. The van der Waals surface area contributed by atoms with E-state index in [9.17, 15) is 4.79 Å². The summed E-state index contributed by atoms with van der Waals surface area (Å²) in [7, 11) is 0. The highest BCUT2D eigenvalue weighted by atomic mass is 79.9. The third-order valence-corrected chi connectivity index (χ3v) is 8.27. The number of hydrogen-bond donors (Lipinski definition) is 2. The summed E-state index contributed by atoms with van der Waals surface area (Å²) in [5, 5.41) is 6.61. The molecule has 0 heterocycles. The van der Waals surface area contributed by atoms with E-state index in [0.29, 0.717) is 18.0 Å². The summed E-state index contributed by atoms with van der Waals surface area (Å²) in [5.74, 6) is 2.85. The largest absolute Gasteiger partial charge is 0.323 e. The number of nitrogens with one attached hydrogen (secondary N) is 2. The van der Waals surface area contributed by atoms with Gasteiger partial charge in [-0.25, -0.2) is 0 Å². The number of aryl methyl sites for hydroxylation is 1. The van der Waals surface area contributed by atoms with Crippen LogP contribution in [-0.4, -0.2) is 18.5 Å². The van der Waals surface area contributed by atoms with Crippen LogP contribution in [-0.2, 0) is 4.79 Å². The minimum Gasteiger partial charge on any atom is -0.323 e. The zero-order valence-corrected chi connectivity index (χ0v) is 18.8. The van der Waals surface area contributed by atoms with Crippen molar-refractivity contribution in [2.75, 3.05) is 11.9 Å². The van der Waals surface area contributed by atoms with Gasteiger partial charge in [-0.2, -0.15) is 0 Å². The summed E-state index contributed by atoms with van der Waals surface area (Å²) in [4.78, 5) is 12.5. The number of benzene rings is 1. The fourth-order valence-corrected chi connectivity index (χ4v) is 7.79. The van der Waals surface area contributed by atoms with Gasteiger partial charge < -0.3 is 10.6 Å². The lowest BCUT2D eigenvalue weighted by atomic mass is 9.48. The van der Waals surface area contributed by atoms with E-state index in [1.807, 2.05) is 19.1 Å². The second kappa shape index (κ2) is 7.21. The van der Waals surface area contributed by atoms with Crippen molar-refractivity contribution in [1.29, 1.82) is 0 Å². The summed E-state index contributed by atoms with van der Waals surface area (Å²) in [6.07, 6.45) is 8.48. The van der Waals surface area contributed by atoms with Gasteiger partial charge in [-0.3, -0.25) is 4.79 Å². The number of hydrogen-bond acceptors (Lipinski definition) is 2. The van der Waals surface area contributed by atoms with Gasteiger partial charge in [-0.15, -0.1) is 0 Å². The van der Waals surface area contributed by atoms with Crippen molar-refractivity contribution in [3.8, 4) is 0 Å². The second-order valence-corrected chi connectivity index (χ2v) is 10.7. The van der Waals surface area contributed by atoms with Crippen molar-refractivity contribution in [1.82, 2.24) is 5.32 Å². The lowest BCUT2D eigenvalue weighted by molar-refractivity contribution is -0.116. The molecule has 2 N–H and O–H groups in total. The third-order valence-electron chi connectivity index (χ3n) is 7.02. The molecule has 0 spiro atoms. The van der Waals surface area contributed by atoms with Gasteiger partial charge in [0.25, 0.3) is 0 Å². The van der Waals surface area contributed by atoms with Crippen LogP contribution in [0.3, 0.4) is 0 Å². The maximum atomic E-state index is 12.5. The monoisotopic (exact) mass is 482 g/mol. The predicted molar refractivity (Wildman–Crippen MR) is 113 cm³/mol. The van der Waals surface area contributed by atoms with Gasteiger partial charge in [-0.05, 0) is 125 Å². The Bertz CT molecular complexity index is 660. The molecule has 3 nitrogen and oxygen atoms in total. The number of halogens is 2. The molecule has 4 bridgehead atoms. The van der Waals surface area contributed by atoms with E-state index in [1.54, 1.807) is 0 Å². The lowest BCUT2D eigenvalue weighted by Crippen LogP contribution is -2.55. The molecule has 0 unspecified atom stereocenters. The van der Waals surface area contributed by atoms with Crippen LogP contribution in [0.1, 0.15) is 51.0 Å². The Morgan fingerprint density at radius 1 is 1.12 bits per heavy atom. The number of amides is 1. The molecule has 5 rings (SSSR count). The first-order valence-corrected chi connectivity index (χ1v) is 11.4. The molecule has 4 aliphatic carbocycles. The first-order chi connectivity index (χ1) is 12.3. The maximum Gasteiger partial charge on any atom is 0.238 e. The number of carbonyl (C=O) groups is 1. The Hall–Kier alpha value is -0.390. The Morgan fingerprint density at radius 3 is 2.12 bits per heavy atom. The Kier molecular flexibility index (Phi) is 5.26. The zero-order valence-electron chi connectivity index (χ0n) is 15.6. The summed E-state index contributed by atoms with van der Waals surface area (Å²) in [6, 6.07) is 4.45. The van der Waals surface area contributed by atoms with Crippen molar-refractivity contribution in [2.24, 2.45) is 23.2 Å². The molecule has 1 amide bonds. The molecule has 0 radical (unpaired) electrons. The minimum absolute atomic E-state index is 0.0202. The fraction of sp³-hybridized carbons (Fsp3) is 0.667. The smallest absolute Gasteiger partial charge is 0.238 e. The molecule has 26 heavy (non-hydrogen) atoms. The molecule has 0 aromatic heterocycles. The number of carbonyl (C=O) groups excluding carboxylic acids is 1. The van der Waals surface area contributed by atoms with E-state index >= 15 is 0 Å². The molecule has 0 aliphatic heterocycles. The first-order valence-electron chi connectivity index (χ1n) is 9.83. The Morgan fingerprint density at radius 2 is 1.62 bits per heavy atom. The van der Waals surface area contributed by atoms with E-state index in [0.717, 1.165) is 37.9 Å². The van der Waals surface area contributed by atoms with Gasteiger partial charge in [0.2, 0.25) is 5.91 Å². The molecule has 4 saturated carbocycles. The van der Waals surface area contributed by atoms with Crippen LogP contribution in [0.25, 0.3) is 0 Å². The van der Waals surface area contributed by atoms with Crippen LogP contribution in [0.2, 0.25) is 0 Å². The van der Waals surface area contributed by atoms with Gasteiger partial charge >= 0.3 is 0 Å². The standard InChI is InChI=1S/C21H28Br2N2O/c1-12-3-17(22)20(18(23)4-12)25-19(26)11-24-13(2)21-8-14-5-15(9-21)7-16(6-14)10-21/h3-4,13-16,24H,5-11H2,1-2H3,(H,25,26)/t13-,14?,15?,16?,21?/m0/s1. The molecule has 0 saturated heterocycles. The molecular weight excluding hydrogens is 456 g/mol. The van der Waals surface area contributed by atoms with E-state index in [1.165, 1.54) is 38.5 Å². The van der Waals surface area contributed by atoms with E-state index in [2.05, 4.69) is 49.4 Å². The molecule has 1 aromatic carbocycles. The molecule has 5 heteroatoms. The molecular formula is C21H28Br2N2O. The molecule has 4 aliphatic rings. The van der Waals surface area contributed by atoms with Crippen LogP contribution in [0, 0.1) is 30.1 Å². The molecule has 4 fully saturated rings. The summed E-state index contributed by atoms with van der Waals surface area (Å²) in [5.41, 5.74) is 2.39. The molecule has 1 atom stereocenters. The third kappa shape index (κ3) is 3.64. The van der Waals surface area contributed by atoms with Crippen LogP contribution in [0.4, 0.5) is 5.69 Å². The van der Waals surface area contributed by atoms with Gasteiger partial charge in [0.15, 0.2) is 0 Å². The summed E-state index contributed by atoms with van der Waals surface area (Å²) >= 11 is 7.10. The Labute approximate surface area is 173 Å². The van der Waals surface area contributed by atoms with Crippen LogP contribution in [0.15, 0.2) is 21.1 Å². The van der Waals surface area contributed by atoms with E-state index in [-0.39, 0.29) is 5.91 Å². The van der Waals surface area contributed by atoms with Gasteiger partial charge in [0.1, 0.15) is 0 Å². The van der Waals surface area contributed by atoms with Crippen molar-refractivity contribution in [3.63, 3.8) is 0 Å². The second-order valence-electron chi connectivity index (χ2n) is 9.03. The highest BCUT2D eigenvalue weighted by Crippen LogP contribution is 2.61. The maximum absolute atomic E-state index is 12.5. The van der Waals surface area contributed by atoms with Gasteiger partial charge in [-0.1, -0.05) is 0 Å². The SMILES string of the molecule is Cc1cc(Br)c(NC(=O)CN[C@@H](C)C23CC4CC(CC(C4)C2)C3)c(Br)c1. The molecule has 142 valence electrons. The zero-order chi connectivity index (χ0) is 18.5. The van der Waals surface area contributed by atoms with Gasteiger partial charge in [0.05, 0.1) is 12.2 Å². The van der Waals surface area contributed by atoms with Gasteiger partial charge in [0, 0.05) is 15.0 Å². The summed E-state index contributed by atoms with van der Waals surface area (Å²) in [6.45, 7) is 4.71. The van der Waals surface area contributed by atoms with Crippen LogP contribution >= 0.6 is 31.9 Å². The quantitative estimate of drug-likeness (QED) is 0.567. The average Bonchev–Trinajstić information content (AvgIpc) is 2.54. The first kappa shape index (κ1) is 18.9. The highest BCUT2D eigenvalue weighted by molar-refractivity contribution is 9.11. The fourth-order valence-electron chi connectivity index (χ4n) is 6.17. The van der Waals surface area contributed by atoms with Crippen molar-refractivity contribution in [2.45, 2.75) is 58.4 Å². The highest BCUT2D eigenvalue weighted by Gasteiger charge is 2.52. The van der Waals surface area contributed by atoms with Crippen molar-refractivity contribution < 1.29 is 4.79 Å². The van der Waals surface area contributed by atoms with Crippen molar-refractivity contribution in [3.05, 3.63) is 26.6 Å². The number of anilines is 1. The van der Waals surface area contributed by atoms with E-state index < -0.39 is 0 Å². The summed E-state index contributed by atoms with van der Waals surface area (Å²) < 4.78 is 1.82. The van der Waals surface area contributed by atoms with E-state index in [4.69, 9.17) is 0 Å². The normalized spacial score (nSPS) is 33.3. The van der Waals surface area contributed by atoms with Crippen LogP contribution in [0.5, 0.6) is 0 Å².